The predicted molar refractivity (Wildman–Crippen MR) is 90.6 cm³/mol. The van der Waals surface area contributed by atoms with Gasteiger partial charge in [-0.3, -0.25) is 9.59 Å². The van der Waals surface area contributed by atoms with Gasteiger partial charge in [0.05, 0.1) is 12.5 Å². The van der Waals surface area contributed by atoms with Gasteiger partial charge in [0, 0.05) is 13.5 Å². The van der Waals surface area contributed by atoms with Gasteiger partial charge >= 0.3 is 0 Å². The molecule has 2 aromatic carbocycles. The van der Waals surface area contributed by atoms with Crippen molar-refractivity contribution in [3.63, 3.8) is 0 Å². The Hall–Kier alpha value is -2.62. The van der Waals surface area contributed by atoms with Gasteiger partial charge in [-0.2, -0.15) is 0 Å². The van der Waals surface area contributed by atoms with E-state index in [1.54, 1.807) is 0 Å². The Balaban J connectivity index is 1.98. The number of rotatable bonds is 6. The molecule has 0 heterocycles. The predicted octanol–water partition coefficient (Wildman–Crippen LogP) is 2.88. The van der Waals surface area contributed by atoms with E-state index < -0.39 is 0 Å². The second kappa shape index (κ2) is 8.13. The van der Waals surface area contributed by atoms with Crippen LogP contribution in [0.25, 0.3) is 0 Å². The number of hydrogen-bond donors (Lipinski definition) is 2. The van der Waals surface area contributed by atoms with Gasteiger partial charge in [-0.15, -0.1) is 0 Å². The Morgan fingerprint density at radius 3 is 2.30 bits per heavy atom. The van der Waals surface area contributed by atoms with E-state index in [1.165, 1.54) is 6.92 Å². The molecular weight excluding hydrogens is 288 g/mol. The number of benzene rings is 2. The highest BCUT2D eigenvalue weighted by atomic mass is 16.2. The van der Waals surface area contributed by atoms with Crippen molar-refractivity contribution in [2.75, 3.05) is 0 Å². The highest BCUT2D eigenvalue weighted by molar-refractivity contribution is 5.79. The average molecular weight is 310 g/mol. The lowest BCUT2D eigenvalue weighted by molar-refractivity contribution is -0.122. The molecule has 2 amide bonds. The van der Waals surface area contributed by atoms with Gasteiger partial charge in [-0.25, -0.2) is 0 Å². The lowest BCUT2D eigenvalue weighted by atomic mass is 10.0. The Morgan fingerprint density at radius 1 is 1.00 bits per heavy atom. The van der Waals surface area contributed by atoms with E-state index in [0.29, 0.717) is 6.54 Å². The number of aryl methyl sites for hydroxylation is 1. The number of carbonyl (C=O) groups is 2. The first-order valence-electron chi connectivity index (χ1n) is 7.69. The first-order valence-corrected chi connectivity index (χ1v) is 7.69. The van der Waals surface area contributed by atoms with Crippen molar-refractivity contribution in [3.8, 4) is 0 Å². The standard InChI is InChI=1S/C19H22N2O2/c1-14-8-6-7-11-17(14)13-20-19(23)12-18(21-15(2)22)16-9-4-3-5-10-16/h3-11,18H,12-13H2,1-2H3,(H,20,23)(H,21,22)/t18-/m0/s1. The van der Waals surface area contributed by atoms with Crippen molar-refractivity contribution in [2.24, 2.45) is 0 Å². The maximum absolute atomic E-state index is 12.2. The van der Waals surface area contributed by atoms with Crippen LogP contribution in [0.1, 0.15) is 36.1 Å². The van der Waals surface area contributed by atoms with E-state index >= 15 is 0 Å². The fourth-order valence-corrected chi connectivity index (χ4v) is 2.44. The molecule has 1 atom stereocenters. The Kier molecular flexibility index (Phi) is 5.92. The quantitative estimate of drug-likeness (QED) is 0.862. The van der Waals surface area contributed by atoms with E-state index in [-0.39, 0.29) is 24.3 Å². The number of amides is 2. The van der Waals surface area contributed by atoms with Crippen LogP contribution in [0.5, 0.6) is 0 Å². The van der Waals surface area contributed by atoms with Crippen LogP contribution < -0.4 is 10.6 Å². The number of hydrogen-bond acceptors (Lipinski definition) is 2. The van der Waals surface area contributed by atoms with E-state index in [1.807, 2.05) is 61.5 Å². The third kappa shape index (κ3) is 5.25. The average Bonchev–Trinajstić information content (AvgIpc) is 2.54. The summed E-state index contributed by atoms with van der Waals surface area (Å²) in [5.74, 6) is -0.235. The lowest BCUT2D eigenvalue weighted by Gasteiger charge is -2.18. The summed E-state index contributed by atoms with van der Waals surface area (Å²) in [6.45, 7) is 3.97. The summed E-state index contributed by atoms with van der Waals surface area (Å²) >= 11 is 0. The third-order valence-corrected chi connectivity index (χ3v) is 3.71. The SMILES string of the molecule is CC(=O)N[C@@H](CC(=O)NCc1ccccc1C)c1ccccc1. The van der Waals surface area contributed by atoms with Crippen LogP contribution in [0.3, 0.4) is 0 Å². The van der Waals surface area contributed by atoms with E-state index in [0.717, 1.165) is 16.7 Å². The smallest absolute Gasteiger partial charge is 0.222 e. The van der Waals surface area contributed by atoms with Gasteiger partial charge in [0.15, 0.2) is 0 Å². The minimum Gasteiger partial charge on any atom is -0.352 e. The summed E-state index contributed by atoms with van der Waals surface area (Å²) in [6, 6.07) is 17.2. The number of carbonyl (C=O) groups excluding carboxylic acids is 2. The van der Waals surface area contributed by atoms with E-state index in [9.17, 15) is 9.59 Å². The molecule has 2 rings (SSSR count). The second-order valence-electron chi connectivity index (χ2n) is 5.57. The summed E-state index contributed by atoms with van der Waals surface area (Å²) in [7, 11) is 0. The van der Waals surface area contributed by atoms with E-state index in [4.69, 9.17) is 0 Å². The first kappa shape index (κ1) is 16.7. The van der Waals surface area contributed by atoms with Gasteiger partial charge < -0.3 is 10.6 Å². The molecule has 0 saturated heterocycles. The molecule has 0 aromatic heterocycles. The van der Waals surface area contributed by atoms with Crippen LogP contribution in [0.2, 0.25) is 0 Å². The van der Waals surface area contributed by atoms with Crippen LogP contribution in [-0.2, 0) is 16.1 Å². The zero-order valence-electron chi connectivity index (χ0n) is 13.5. The molecule has 2 N–H and O–H groups in total. The molecule has 4 nitrogen and oxygen atoms in total. The van der Waals surface area contributed by atoms with Crippen LogP contribution >= 0.6 is 0 Å². The highest BCUT2D eigenvalue weighted by Gasteiger charge is 2.16. The Morgan fingerprint density at radius 2 is 1.65 bits per heavy atom. The van der Waals surface area contributed by atoms with Gasteiger partial charge in [-0.1, -0.05) is 54.6 Å². The fourth-order valence-electron chi connectivity index (χ4n) is 2.44. The van der Waals surface area contributed by atoms with Gasteiger partial charge in [0.25, 0.3) is 0 Å². The molecule has 0 aliphatic rings. The summed E-state index contributed by atoms with van der Waals surface area (Å²) in [6.07, 6.45) is 0.218. The summed E-state index contributed by atoms with van der Waals surface area (Å²) < 4.78 is 0. The fraction of sp³-hybridized carbons (Fsp3) is 0.263. The Bertz CT molecular complexity index is 668. The summed E-state index contributed by atoms with van der Waals surface area (Å²) in [5, 5.41) is 5.76. The molecule has 0 bridgehead atoms. The summed E-state index contributed by atoms with van der Waals surface area (Å²) in [5.41, 5.74) is 3.17. The molecule has 0 unspecified atom stereocenters. The van der Waals surface area contributed by atoms with Crippen molar-refractivity contribution >= 4 is 11.8 Å². The van der Waals surface area contributed by atoms with Gasteiger partial charge in [-0.05, 0) is 23.6 Å². The van der Waals surface area contributed by atoms with Crippen LogP contribution in [-0.4, -0.2) is 11.8 Å². The molecule has 0 aliphatic carbocycles. The molecule has 0 aliphatic heterocycles. The monoisotopic (exact) mass is 310 g/mol. The van der Waals surface area contributed by atoms with Crippen molar-refractivity contribution in [2.45, 2.75) is 32.9 Å². The molecule has 0 saturated carbocycles. The van der Waals surface area contributed by atoms with Gasteiger partial charge in [0.2, 0.25) is 11.8 Å². The minimum atomic E-state index is -0.314. The van der Waals surface area contributed by atoms with Gasteiger partial charge in [0.1, 0.15) is 0 Å². The normalized spacial score (nSPS) is 11.6. The van der Waals surface area contributed by atoms with Crippen molar-refractivity contribution in [1.29, 1.82) is 0 Å². The molecule has 0 radical (unpaired) electrons. The summed E-state index contributed by atoms with van der Waals surface area (Å²) in [4.78, 5) is 23.6. The molecule has 120 valence electrons. The van der Waals surface area contributed by atoms with Crippen LogP contribution in [0.4, 0.5) is 0 Å². The van der Waals surface area contributed by atoms with Crippen LogP contribution in [0, 0.1) is 6.92 Å². The topological polar surface area (TPSA) is 58.2 Å². The molecule has 2 aromatic rings. The molecule has 0 fully saturated rings. The third-order valence-electron chi connectivity index (χ3n) is 3.71. The van der Waals surface area contributed by atoms with Crippen LogP contribution in [0.15, 0.2) is 54.6 Å². The second-order valence-corrected chi connectivity index (χ2v) is 5.57. The van der Waals surface area contributed by atoms with Crippen molar-refractivity contribution in [3.05, 3.63) is 71.3 Å². The molecular formula is C19H22N2O2. The molecule has 0 spiro atoms. The minimum absolute atomic E-state index is 0.0872. The zero-order valence-corrected chi connectivity index (χ0v) is 13.5. The maximum Gasteiger partial charge on any atom is 0.222 e. The van der Waals surface area contributed by atoms with E-state index in [2.05, 4.69) is 10.6 Å². The maximum atomic E-state index is 12.2. The van der Waals surface area contributed by atoms with Crippen molar-refractivity contribution in [1.82, 2.24) is 10.6 Å². The Labute approximate surface area is 136 Å². The zero-order chi connectivity index (χ0) is 16.7. The largest absolute Gasteiger partial charge is 0.352 e. The number of nitrogens with one attached hydrogen (secondary N) is 2. The molecule has 4 heteroatoms. The molecule has 23 heavy (non-hydrogen) atoms. The highest BCUT2D eigenvalue weighted by Crippen LogP contribution is 2.16. The first-order chi connectivity index (χ1) is 11.1. The van der Waals surface area contributed by atoms with Crippen molar-refractivity contribution < 1.29 is 9.59 Å². The lowest BCUT2D eigenvalue weighted by Crippen LogP contribution is -2.32.